The molecule has 3 aromatic heterocycles. The summed E-state index contributed by atoms with van der Waals surface area (Å²) in [5.41, 5.74) is 2.77. The van der Waals surface area contributed by atoms with E-state index in [9.17, 15) is 14.7 Å². The molecule has 0 bridgehead atoms. The smallest absolute Gasteiger partial charge is 0.339 e. The van der Waals surface area contributed by atoms with E-state index in [2.05, 4.69) is 20.3 Å². The second-order valence-corrected chi connectivity index (χ2v) is 5.92. The van der Waals surface area contributed by atoms with E-state index in [0.29, 0.717) is 33.3 Å². The number of pyridine rings is 1. The minimum atomic E-state index is -1.06. The Labute approximate surface area is 146 Å². The molecule has 0 aliphatic heterocycles. The third kappa shape index (κ3) is 2.67. The maximum Gasteiger partial charge on any atom is 0.339 e. The van der Waals surface area contributed by atoms with Gasteiger partial charge in [-0.1, -0.05) is 0 Å². The van der Waals surface area contributed by atoms with Crippen LogP contribution in [0.3, 0.4) is 0 Å². The Bertz CT molecular complexity index is 1160. The Balaban J connectivity index is 1.60. The number of hydrogen-bond donors (Lipinski definition) is 3. The first-order valence-corrected chi connectivity index (χ1v) is 7.84. The third-order valence-corrected chi connectivity index (χ3v) is 4.04. The largest absolute Gasteiger partial charge is 0.478 e. The highest BCUT2D eigenvalue weighted by molar-refractivity contribution is 6.04. The van der Waals surface area contributed by atoms with E-state index >= 15 is 0 Å². The number of aromatic nitrogens is 3. The number of hydrogen-bond acceptors (Lipinski definition) is 5. The molecule has 0 spiro atoms. The Kier molecular flexibility index (Phi) is 3.65. The molecule has 26 heavy (non-hydrogen) atoms. The van der Waals surface area contributed by atoms with Crippen LogP contribution in [0.4, 0.5) is 0 Å². The zero-order chi connectivity index (χ0) is 18.3. The van der Waals surface area contributed by atoms with Gasteiger partial charge in [0.2, 0.25) is 0 Å². The number of imidazole rings is 1. The fourth-order valence-electron chi connectivity index (χ4n) is 2.90. The predicted molar refractivity (Wildman–Crippen MR) is 93.0 cm³/mol. The number of H-pyrrole nitrogens is 1. The number of carboxylic acid groups (broad SMARTS) is 1. The number of aromatic amines is 1. The van der Waals surface area contributed by atoms with Gasteiger partial charge in [-0.25, -0.2) is 9.78 Å². The molecule has 3 heterocycles. The lowest BCUT2D eigenvalue weighted by Gasteiger charge is -2.03. The maximum absolute atomic E-state index is 12.4. The number of nitrogens with one attached hydrogen (secondary N) is 2. The van der Waals surface area contributed by atoms with Gasteiger partial charge in [-0.15, -0.1) is 0 Å². The highest BCUT2D eigenvalue weighted by Crippen LogP contribution is 2.25. The van der Waals surface area contributed by atoms with E-state index in [4.69, 9.17) is 4.42 Å². The number of aromatic carboxylic acids is 1. The molecular formula is C18H14N4O4. The van der Waals surface area contributed by atoms with Crippen molar-refractivity contribution in [2.24, 2.45) is 0 Å². The lowest BCUT2D eigenvalue weighted by Crippen LogP contribution is -2.23. The van der Waals surface area contributed by atoms with Crippen molar-refractivity contribution in [2.75, 3.05) is 0 Å². The van der Waals surface area contributed by atoms with Crippen molar-refractivity contribution in [1.82, 2.24) is 20.3 Å². The van der Waals surface area contributed by atoms with E-state index in [1.807, 2.05) is 13.0 Å². The summed E-state index contributed by atoms with van der Waals surface area (Å²) in [5, 5.41) is 12.7. The Hall–Kier alpha value is -3.68. The molecule has 8 heteroatoms. The molecule has 0 aliphatic rings. The quantitative estimate of drug-likeness (QED) is 0.520. The molecule has 0 saturated heterocycles. The van der Waals surface area contributed by atoms with Crippen LogP contribution in [-0.2, 0) is 6.54 Å². The van der Waals surface area contributed by atoms with Gasteiger partial charge in [-0.3, -0.25) is 9.78 Å². The van der Waals surface area contributed by atoms with E-state index < -0.39 is 5.97 Å². The zero-order valence-electron chi connectivity index (χ0n) is 13.7. The fourth-order valence-corrected chi connectivity index (χ4v) is 2.90. The second kappa shape index (κ2) is 5.99. The SMILES string of the molecule is Cc1cc(C(=O)O)c2oc(CNC(=O)c3cncc4[nH]cnc34)cc2c1. The third-order valence-electron chi connectivity index (χ3n) is 4.04. The molecule has 0 unspecified atom stereocenters. The molecule has 0 radical (unpaired) electrons. The molecule has 0 saturated carbocycles. The number of carbonyl (C=O) groups is 2. The first kappa shape index (κ1) is 15.8. The summed E-state index contributed by atoms with van der Waals surface area (Å²) in [6.45, 7) is 1.93. The predicted octanol–water partition coefficient (Wildman–Crippen LogP) is 2.64. The van der Waals surface area contributed by atoms with Crippen molar-refractivity contribution >= 4 is 33.9 Å². The summed E-state index contributed by atoms with van der Waals surface area (Å²) in [4.78, 5) is 34.9. The Morgan fingerprint density at radius 3 is 2.88 bits per heavy atom. The Morgan fingerprint density at radius 1 is 1.23 bits per heavy atom. The van der Waals surface area contributed by atoms with Crippen molar-refractivity contribution in [3.8, 4) is 0 Å². The number of aryl methyl sites for hydroxylation is 1. The number of furan rings is 1. The second-order valence-electron chi connectivity index (χ2n) is 5.92. The van der Waals surface area contributed by atoms with E-state index in [1.165, 1.54) is 12.5 Å². The van der Waals surface area contributed by atoms with Crippen LogP contribution in [0.25, 0.3) is 22.0 Å². The van der Waals surface area contributed by atoms with Gasteiger partial charge in [0.25, 0.3) is 5.91 Å². The molecule has 0 aliphatic carbocycles. The summed E-state index contributed by atoms with van der Waals surface area (Å²) in [6.07, 6.45) is 4.54. The number of carbonyl (C=O) groups excluding carboxylic acids is 1. The summed E-state index contributed by atoms with van der Waals surface area (Å²) >= 11 is 0. The lowest BCUT2D eigenvalue weighted by atomic mass is 10.1. The summed E-state index contributed by atoms with van der Waals surface area (Å²) in [5.74, 6) is -0.936. The van der Waals surface area contributed by atoms with Crippen molar-refractivity contribution in [3.63, 3.8) is 0 Å². The van der Waals surface area contributed by atoms with Crippen molar-refractivity contribution < 1.29 is 19.1 Å². The average Bonchev–Trinajstić information content (AvgIpc) is 3.24. The summed E-state index contributed by atoms with van der Waals surface area (Å²) < 4.78 is 5.64. The van der Waals surface area contributed by atoms with Crippen LogP contribution in [0.2, 0.25) is 0 Å². The zero-order valence-corrected chi connectivity index (χ0v) is 13.7. The minimum Gasteiger partial charge on any atom is -0.478 e. The highest BCUT2D eigenvalue weighted by Gasteiger charge is 2.16. The molecule has 0 fully saturated rings. The van der Waals surface area contributed by atoms with Crippen LogP contribution in [0, 0.1) is 6.92 Å². The molecule has 4 rings (SSSR count). The molecule has 8 nitrogen and oxygen atoms in total. The molecule has 130 valence electrons. The topological polar surface area (TPSA) is 121 Å². The fraction of sp³-hybridized carbons (Fsp3) is 0.111. The van der Waals surface area contributed by atoms with Crippen LogP contribution >= 0.6 is 0 Å². The van der Waals surface area contributed by atoms with Crippen molar-refractivity contribution in [1.29, 1.82) is 0 Å². The van der Waals surface area contributed by atoms with Gasteiger partial charge in [-0.05, 0) is 30.7 Å². The van der Waals surface area contributed by atoms with Crippen LogP contribution < -0.4 is 5.32 Å². The molecule has 0 atom stereocenters. The number of benzene rings is 1. The van der Waals surface area contributed by atoms with Gasteiger partial charge in [0, 0.05) is 11.6 Å². The maximum atomic E-state index is 12.4. The van der Waals surface area contributed by atoms with Crippen LogP contribution in [0.1, 0.15) is 32.0 Å². The number of fused-ring (bicyclic) bond motifs is 2. The lowest BCUT2D eigenvalue weighted by molar-refractivity contribution is 0.0697. The Morgan fingerprint density at radius 2 is 2.08 bits per heavy atom. The van der Waals surface area contributed by atoms with E-state index in [0.717, 1.165) is 5.56 Å². The van der Waals surface area contributed by atoms with Gasteiger partial charge < -0.3 is 19.8 Å². The normalized spacial score (nSPS) is 11.1. The molecule has 4 aromatic rings. The van der Waals surface area contributed by atoms with Crippen LogP contribution in [0.5, 0.6) is 0 Å². The summed E-state index contributed by atoms with van der Waals surface area (Å²) in [6, 6.07) is 5.12. The number of carboxylic acids is 1. The first-order valence-electron chi connectivity index (χ1n) is 7.84. The number of amides is 1. The standard InChI is InChI=1S/C18H14N4O4/c1-9-2-10-4-11(26-16(10)12(3-9)18(24)25)5-20-17(23)13-6-19-7-14-15(13)22-8-21-14/h2-4,6-8H,5H2,1H3,(H,20,23)(H,21,22)(H,24,25). The first-order chi connectivity index (χ1) is 12.5. The number of nitrogens with zero attached hydrogens (tertiary/aromatic N) is 2. The van der Waals surface area contributed by atoms with E-state index in [-0.39, 0.29) is 18.0 Å². The van der Waals surface area contributed by atoms with Crippen LogP contribution in [0.15, 0.2) is 41.3 Å². The highest BCUT2D eigenvalue weighted by atomic mass is 16.4. The van der Waals surface area contributed by atoms with Gasteiger partial charge in [0.05, 0.1) is 30.1 Å². The van der Waals surface area contributed by atoms with Gasteiger partial charge >= 0.3 is 5.97 Å². The van der Waals surface area contributed by atoms with Gasteiger partial charge in [0.15, 0.2) is 0 Å². The monoisotopic (exact) mass is 350 g/mol. The van der Waals surface area contributed by atoms with Crippen molar-refractivity contribution in [3.05, 3.63) is 59.4 Å². The van der Waals surface area contributed by atoms with Crippen LogP contribution in [-0.4, -0.2) is 31.9 Å². The molecule has 1 amide bonds. The van der Waals surface area contributed by atoms with Crippen molar-refractivity contribution in [2.45, 2.75) is 13.5 Å². The number of rotatable bonds is 4. The molecule has 1 aromatic carbocycles. The summed E-state index contributed by atoms with van der Waals surface area (Å²) in [7, 11) is 0. The van der Waals surface area contributed by atoms with Gasteiger partial charge in [0.1, 0.15) is 22.4 Å². The average molecular weight is 350 g/mol. The molecule has 3 N–H and O–H groups in total. The minimum absolute atomic E-state index is 0.100. The van der Waals surface area contributed by atoms with E-state index in [1.54, 1.807) is 18.3 Å². The van der Waals surface area contributed by atoms with Gasteiger partial charge in [-0.2, -0.15) is 0 Å². The molecular weight excluding hydrogens is 336 g/mol.